The quantitative estimate of drug-likeness (QED) is 0.0768. The summed E-state index contributed by atoms with van der Waals surface area (Å²) in [5, 5.41) is 12.5. The fraction of sp³-hybridized carbons (Fsp3) is 0.476. The number of ether oxygens (including phenoxy) is 3. The summed E-state index contributed by atoms with van der Waals surface area (Å²) in [6, 6.07) is 27.5. The van der Waals surface area contributed by atoms with Gasteiger partial charge >= 0.3 is 12.1 Å². The number of para-hydroxylation sites is 1. The molecule has 1 aliphatic heterocycles. The minimum Gasteiger partial charge on any atom is -0.469 e. The molecule has 1 fully saturated rings. The van der Waals surface area contributed by atoms with Gasteiger partial charge in [-0.2, -0.15) is 0 Å². The molecule has 3 aromatic carbocycles. The number of fused-ring (bicyclic) bond motifs is 1. The number of carbonyl (C=O) groups is 2. The summed E-state index contributed by atoms with van der Waals surface area (Å²) in [6.45, 7) is 12.4. The third kappa shape index (κ3) is 8.17. The van der Waals surface area contributed by atoms with Crippen molar-refractivity contribution in [2.75, 3.05) is 20.3 Å². The summed E-state index contributed by atoms with van der Waals surface area (Å²) in [4.78, 5) is 40.9. The van der Waals surface area contributed by atoms with Crippen LogP contribution in [0.25, 0.3) is 10.9 Å². The summed E-state index contributed by atoms with van der Waals surface area (Å²) in [7, 11) is -1.91. The van der Waals surface area contributed by atoms with Gasteiger partial charge in [-0.25, -0.2) is 9.36 Å². The Kier molecular flexibility index (Phi) is 11.7. The number of benzene rings is 3. The molecule has 9 heteroatoms. The molecular formula is C42H55NO7Si. The first-order chi connectivity index (χ1) is 24.2. The zero-order valence-corrected chi connectivity index (χ0v) is 32.3. The van der Waals surface area contributed by atoms with Crippen molar-refractivity contribution in [3.63, 3.8) is 0 Å². The molecular weight excluding hydrogens is 659 g/mol. The van der Waals surface area contributed by atoms with Gasteiger partial charge in [0.05, 0.1) is 30.8 Å². The molecule has 0 spiro atoms. The minimum absolute atomic E-state index is 0.0207. The summed E-state index contributed by atoms with van der Waals surface area (Å²) in [5.41, 5.74) is 0.803. The molecule has 3 atom stereocenters. The second-order valence-electron chi connectivity index (χ2n) is 15.7. The number of hydrogen-bond donors (Lipinski definition) is 2. The fourth-order valence-electron chi connectivity index (χ4n) is 7.82. The van der Waals surface area contributed by atoms with E-state index in [-0.39, 0.29) is 24.5 Å². The van der Waals surface area contributed by atoms with Crippen molar-refractivity contribution >= 4 is 41.7 Å². The van der Waals surface area contributed by atoms with E-state index in [0.717, 1.165) is 34.2 Å². The van der Waals surface area contributed by atoms with E-state index in [4.69, 9.17) is 14.2 Å². The third-order valence-corrected chi connectivity index (χ3v) is 15.3. The van der Waals surface area contributed by atoms with Crippen molar-refractivity contribution < 1.29 is 33.7 Å². The lowest BCUT2D eigenvalue weighted by atomic mass is 9.80. The second-order valence-corrected chi connectivity index (χ2v) is 19.7. The summed E-state index contributed by atoms with van der Waals surface area (Å²) >= 11 is 0. The Morgan fingerprint density at radius 2 is 1.51 bits per heavy atom. The fourth-order valence-corrected chi connectivity index (χ4v) is 11.6. The molecule has 4 aromatic rings. The van der Waals surface area contributed by atoms with Gasteiger partial charge < -0.3 is 24.1 Å². The maximum absolute atomic E-state index is 14.0. The van der Waals surface area contributed by atoms with Gasteiger partial charge in [-0.15, -0.1) is 0 Å². The molecule has 274 valence electrons. The van der Waals surface area contributed by atoms with E-state index in [0.29, 0.717) is 37.1 Å². The van der Waals surface area contributed by atoms with Gasteiger partial charge in [0.1, 0.15) is 5.60 Å². The molecule has 2 unspecified atom stereocenters. The first kappa shape index (κ1) is 38.5. The van der Waals surface area contributed by atoms with E-state index in [9.17, 15) is 19.5 Å². The van der Waals surface area contributed by atoms with E-state index >= 15 is 0 Å². The van der Waals surface area contributed by atoms with Crippen LogP contribution in [0.3, 0.4) is 0 Å². The first-order valence-corrected chi connectivity index (χ1v) is 20.2. The molecule has 0 bridgehead atoms. The highest BCUT2D eigenvalue weighted by Gasteiger charge is 2.51. The van der Waals surface area contributed by atoms with Crippen molar-refractivity contribution in [1.82, 2.24) is 4.57 Å². The predicted octanol–water partition coefficient (Wildman–Crippen LogP) is 7.10. The van der Waals surface area contributed by atoms with E-state index < -0.39 is 36.9 Å². The van der Waals surface area contributed by atoms with Crippen LogP contribution < -0.4 is 10.4 Å². The lowest BCUT2D eigenvalue weighted by molar-refractivity contribution is -0.143. The van der Waals surface area contributed by atoms with Crippen molar-refractivity contribution in [2.24, 2.45) is 5.92 Å². The van der Waals surface area contributed by atoms with Crippen LogP contribution in [-0.2, 0) is 25.4 Å². The molecule has 1 aromatic heterocycles. The van der Waals surface area contributed by atoms with Gasteiger partial charge in [0.25, 0.3) is 8.32 Å². The molecule has 5 rings (SSSR count). The number of rotatable bonds is 15. The Labute approximate surface area is 303 Å². The second kappa shape index (κ2) is 15.5. The van der Waals surface area contributed by atoms with E-state index in [1.54, 1.807) is 0 Å². The number of epoxide rings is 1. The normalized spacial score (nSPS) is 17.6. The van der Waals surface area contributed by atoms with Gasteiger partial charge in [-0.05, 0) is 92.3 Å². The molecule has 2 N–H and O–H groups in total. The van der Waals surface area contributed by atoms with Crippen LogP contribution in [0.4, 0.5) is 4.79 Å². The highest BCUT2D eigenvalue weighted by Crippen LogP contribution is 2.47. The van der Waals surface area contributed by atoms with E-state index in [2.05, 4.69) is 20.8 Å². The summed E-state index contributed by atoms with van der Waals surface area (Å²) in [5.74, 6) is -1.29. The largest absolute Gasteiger partial charge is 0.469 e. The molecule has 51 heavy (non-hydrogen) atoms. The molecule has 0 radical (unpaired) electrons. The Balaban J connectivity index is 1.59. The zero-order chi connectivity index (χ0) is 37.0. The Morgan fingerprint density at radius 3 is 2.02 bits per heavy atom. The zero-order valence-electron chi connectivity index (χ0n) is 31.3. The number of carbonyl (C=O) groups excluding carboxylic acids is 2. The Hall–Kier alpha value is -3.76. The number of aliphatic hydroxyl groups is 1. The lowest BCUT2D eigenvalue weighted by Gasteiger charge is -2.42. The van der Waals surface area contributed by atoms with Crippen molar-refractivity contribution in [1.29, 1.82) is 0 Å². The number of aliphatic hydroxyl groups excluding tert-OH is 1. The van der Waals surface area contributed by atoms with Gasteiger partial charge in [0.2, 0.25) is 0 Å². The highest BCUT2D eigenvalue weighted by molar-refractivity contribution is 6.98. The van der Waals surface area contributed by atoms with Crippen LogP contribution in [-0.4, -0.2) is 66.4 Å². The number of esters is 1. The third-order valence-electron chi connectivity index (χ3n) is 10.7. The monoisotopic (exact) mass is 713 g/mol. The first-order valence-electron chi connectivity index (χ1n) is 18.2. The average Bonchev–Trinajstić information content (AvgIpc) is 3.82. The van der Waals surface area contributed by atoms with Crippen molar-refractivity contribution in [3.8, 4) is 0 Å². The molecule has 8 nitrogen and oxygen atoms in total. The van der Waals surface area contributed by atoms with E-state index in [1.165, 1.54) is 11.7 Å². The van der Waals surface area contributed by atoms with Gasteiger partial charge in [0.15, 0.2) is 0 Å². The molecule has 0 saturated carbocycles. The van der Waals surface area contributed by atoms with Crippen LogP contribution in [0.5, 0.6) is 0 Å². The standard InChI is InChI=1S/C42H55NO7Si/c1-8-42(29-49-42)28-30(23-25-41(5,6)51(47,31-17-11-9-12-18-31)32-19-13-10-14-20-32)27-35(38(45)48-7)37-34(24-26-44)33-21-15-16-22-36(33)43(37)39(46)50-40(2,3)4/h9-22,30,35,44,47H,8,23-29H2,1-7H3/t30?,35?,42-/m0/s1. The van der Waals surface area contributed by atoms with Crippen LogP contribution in [0.2, 0.25) is 5.04 Å². The Morgan fingerprint density at radius 1 is 0.941 bits per heavy atom. The van der Waals surface area contributed by atoms with Gasteiger partial charge in [-0.3, -0.25) is 4.79 Å². The lowest BCUT2D eigenvalue weighted by Crippen LogP contribution is -2.65. The highest BCUT2D eigenvalue weighted by atomic mass is 28.4. The van der Waals surface area contributed by atoms with E-state index in [1.807, 2.05) is 106 Å². The molecule has 1 aliphatic rings. The maximum atomic E-state index is 14.0. The smallest absolute Gasteiger partial charge is 0.419 e. The Bertz CT molecular complexity index is 1750. The molecule has 0 aliphatic carbocycles. The van der Waals surface area contributed by atoms with Gasteiger partial charge in [0, 0.05) is 17.7 Å². The van der Waals surface area contributed by atoms with Gasteiger partial charge in [-0.1, -0.05) is 99.6 Å². The number of nitrogens with zero attached hydrogens (tertiary/aromatic N) is 1. The van der Waals surface area contributed by atoms with Crippen LogP contribution in [0, 0.1) is 5.92 Å². The van der Waals surface area contributed by atoms with Crippen molar-refractivity contribution in [3.05, 3.63) is 96.2 Å². The maximum Gasteiger partial charge on any atom is 0.419 e. The van der Waals surface area contributed by atoms with Crippen LogP contribution >= 0.6 is 0 Å². The SMILES string of the molecule is CC[C@]1(CC(CCC(C)(C)[Si](O)(c2ccccc2)c2ccccc2)CC(C(=O)OC)c2c(CCO)c3ccccc3n2C(=O)OC(C)(C)C)CO1. The number of hydrogen-bond acceptors (Lipinski definition) is 7. The predicted molar refractivity (Wildman–Crippen MR) is 204 cm³/mol. The summed E-state index contributed by atoms with van der Waals surface area (Å²) < 4.78 is 19.0. The van der Waals surface area contributed by atoms with Crippen LogP contribution in [0.1, 0.15) is 90.8 Å². The number of aromatic nitrogens is 1. The average molecular weight is 714 g/mol. The number of methoxy groups -OCH3 is 1. The van der Waals surface area contributed by atoms with Crippen LogP contribution in [0.15, 0.2) is 84.9 Å². The minimum atomic E-state index is -3.28. The summed E-state index contributed by atoms with van der Waals surface area (Å²) in [6.07, 6.45) is 3.04. The topological polar surface area (TPSA) is 111 Å². The molecule has 1 saturated heterocycles. The van der Waals surface area contributed by atoms with Crippen molar-refractivity contribution in [2.45, 2.75) is 102 Å². The molecule has 0 amide bonds. The molecule has 2 heterocycles.